The highest BCUT2D eigenvalue weighted by molar-refractivity contribution is 5.81. The van der Waals surface area contributed by atoms with Crippen molar-refractivity contribution >= 4 is 12.0 Å². The second-order valence-corrected chi connectivity index (χ2v) is 3.58. The third-order valence-corrected chi connectivity index (χ3v) is 2.15. The maximum absolute atomic E-state index is 11.0. The first-order valence-electron chi connectivity index (χ1n) is 5.82. The van der Waals surface area contributed by atoms with E-state index in [1.807, 2.05) is 0 Å². The molecule has 0 unspecified atom stereocenters. The van der Waals surface area contributed by atoms with Crippen LogP contribution in [0.1, 0.15) is 39.0 Å². The Balaban J connectivity index is 3.27. The van der Waals surface area contributed by atoms with Crippen LogP contribution in [0.5, 0.6) is 0 Å². The van der Waals surface area contributed by atoms with Crippen LogP contribution in [0.4, 0.5) is 4.79 Å². The molecule has 0 aromatic carbocycles. The Kier molecular flexibility index (Phi) is 9.46. The Labute approximate surface area is 96.9 Å². The standard InChI is InChI=1S/C11H22N2O3/c1-3-4-5-6-7-8-16-11(15)13-9-10(14)12-2/h3-9H2,1-2H3,(H,12,14)(H,13,15). The molecule has 0 fully saturated rings. The molecule has 0 aromatic heterocycles. The van der Waals surface area contributed by atoms with Gasteiger partial charge in [-0.2, -0.15) is 0 Å². The van der Waals surface area contributed by atoms with E-state index in [1.165, 1.54) is 26.3 Å². The molecule has 2 N–H and O–H groups in total. The molecule has 2 amide bonds. The molecule has 0 aromatic rings. The Morgan fingerprint density at radius 2 is 1.81 bits per heavy atom. The molecule has 0 spiro atoms. The first-order chi connectivity index (χ1) is 7.70. The Morgan fingerprint density at radius 1 is 1.12 bits per heavy atom. The van der Waals surface area contributed by atoms with Gasteiger partial charge in [0.1, 0.15) is 0 Å². The van der Waals surface area contributed by atoms with E-state index in [1.54, 1.807) is 0 Å². The molecule has 0 radical (unpaired) electrons. The summed E-state index contributed by atoms with van der Waals surface area (Å²) in [7, 11) is 1.52. The molecule has 94 valence electrons. The zero-order valence-electron chi connectivity index (χ0n) is 10.2. The van der Waals surface area contributed by atoms with Crippen LogP contribution in [0.2, 0.25) is 0 Å². The lowest BCUT2D eigenvalue weighted by atomic mass is 10.2. The average molecular weight is 230 g/mol. The summed E-state index contributed by atoms with van der Waals surface area (Å²) >= 11 is 0. The van der Waals surface area contributed by atoms with Crippen LogP contribution in [0, 0.1) is 0 Å². The minimum atomic E-state index is -0.529. The van der Waals surface area contributed by atoms with Gasteiger partial charge in [-0.15, -0.1) is 0 Å². The van der Waals surface area contributed by atoms with Crippen LogP contribution < -0.4 is 10.6 Å². The van der Waals surface area contributed by atoms with Crippen LogP contribution in [-0.4, -0.2) is 32.2 Å². The molecule has 0 atom stereocenters. The number of unbranched alkanes of at least 4 members (excludes halogenated alkanes) is 4. The highest BCUT2D eigenvalue weighted by atomic mass is 16.5. The molecular formula is C11H22N2O3. The first kappa shape index (κ1) is 14.7. The van der Waals surface area contributed by atoms with Gasteiger partial charge in [-0.1, -0.05) is 32.6 Å². The number of amides is 2. The van der Waals surface area contributed by atoms with Gasteiger partial charge in [-0.05, 0) is 6.42 Å². The molecule has 0 aliphatic rings. The lowest BCUT2D eigenvalue weighted by molar-refractivity contribution is -0.119. The summed E-state index contributed by atoms with van der Waals surface area (Å²) in [6, 6.07) is 0. The quantitative estimate of drug-likeness (QED) is 0.620. The summed E-state index contributed by atoms with van der Waals surface area (Å²) in [6.45, 7) is 2.54. The summed E-state index contributed by atoms with van der Waals surface area (Å²) in [5.74, 6) is -0.236. The molecule has 0 saturated carbocycles. The Bertz CT molecular complexity index is 207. The zero-order chi connectivity index (χ0) is 12.2. The maximum atomic E-state index is 11.0. The van der Waals surface area contributed by atoms with Crippen LogP contribution in [0.15, 0.2) is 0 Å². The largest absolute Gasteiger partial charge is 0.450 e. The van der Waals surface area contributed by atoms with Gasteiger partial charge in [0.25, 0.3) is 0 Å². The van der Waals surface area contributed by atoms with Crippen molar-refractivity contribution in [1.29, 1.82) is 0 Å². The second-order valence-electron chi connectivity index (χ2n) is 3.58. The average Bonchev–Trinajstić information content (AvgIpc) is 2.30. The predicted molar refractivity (Wildman–Crippen MR) is 62.2 cm³/mol. The fourth-order valence-corrected chi connectivity index (χ4v) is 1.16. The topological polar surface area (TPSA) is 67.4 Å². The zero-order valence-corrected chi connectivity index (χ0v) is 10.2. The lowest BCUT2D eigenvalue weighted by Gasteiger charge is -2.06. The number of rotatable bonds is 8. The normalized spacial score (nSPS) is 9.62. The summed E-state index contributed by atoms with van der Waals surface area (Å²) in [5, 5.41) is 4.76. The minimum Gasteiger partial charge on any atom is -0.450 e. The van der Waals surface area contributed by atoms with Crippen molar-refractivity contribution in [2.24, 2.45) is 0 Å². The van der Waals surface area contributed by atoms with E-state index >= 15 is 0 Å². The summed E-state index contributed by atoms with van der Waals surface area (Å²) in [6.07, 6.45) is 5.04. The van der Waals surface area contributed by atoms with Crippen molar-refractivity contribution < 1.29 is 14.3 Å². The number of likely N-dealkylation sites (N-methyl/N-ethyl adjacent to an activating group) is 1. The molecule has 0 aliphatic carbocycles. The molecule has 0 heterocycles. The summed E-state index contributed by atoms with van der Waals surface area (Å²) in [4.78, 5) is 21.8. The molecule has 16 heavy (non-hydrogen) atoms. The fourth-order valence-electron chi connectivity index (χ4n) is 1.16. The lowest BCUT2D eigenvalue weighted by Crippen LogP contribution is -2.35. The molecular weight excluding hydrogens is 208 g/mol. The van der Waals surface area contributed by atoms with E-state index in [0.717, 1.165) is 12.8 Å². The molecule has 5 heteroatoms. The molecule has 0 bridgehead atoms. The van der Waals surface area contributed by atoms with Crippen molar-refractivity contribution in [2.45, 2.75) is 39.0 Å². The van der Waals surface area contributed by atoms with E-state index in [-0.39, 0.29) is 12.5 Å². The highest BCUT2D eigenvalue weighted by Crippen LogP contribution is 2.02. The third-order valence-electron chi connectivity index (χ3n) is 2.15. The van der Waals surface area contributed by atoms with Gasteiger partial charge in [-0.25, -0.2) is 4.79 Å². The number of hydrogen-bond donors (Lipinski definition) is 2. The van der Waals surface area contributed by atoms with Crippen LogP contribution in [0.25, 0.3) is 0 Å². The number of alkyl carbamates (subject to hydrolysis) is 1. The summed E-state index contributed by atoms with van der Waals surface area (Å²) in [5.41, 5.74) is 0. The SMILES string of the molecule is CCCCCCCOC(=O)NCC(=O)NC. The number of carbonyl (C=O) groups is 2. The van der Waals surface area contributed by atoms with Gasteiger partial charge in [0, 0.05) is 7.05 Å². The van der Waals surface area contributed by atoms with Crippen molar-refractivity contribution in [3.63, 3.8) is 0 Å². The van der Waals surface area contributed by atoms with Crippen molar-refractivity contribution in [3.8, 4) is 0 Å². The number of nitrogens with one attached hydrogen (secondary N) is 2. The minimum absolute atomic E-state index is 0.0365. The maximum Gasteiger partial charge on any atom is 0.407 e. The van der Waals surface area contributed by atoms with Gasteiger partial charge in [0.05, 0.1) is 13.2 Å². The number of carbonyl (C=O) groups excluding carboxylic acids is 2. The first-order valence-corrected chi connectivity index (χ1v) is 5.82. The van der Waals surface area contributed by atoms with Crippen molar-refractivity contribution in [3.05, 3.63) is 0 Å². The van der Waals surface area contributed by atoms with Gasteiger partial charge in [-0.3, -0.25) is 4.79 Å². The predicted octanol–water partition coefficient (Wildman–Crippen LogP) is 1.43. The second kappa shape index (κ2) is 10.3. The van der Waals surface area contributed by atoms with Crippen LogP contribution in [0.3, 0.4) is 0 Å². The molecule has 0 aliphatic heterocycles. The fraction of sp³-hybridized carbons (Fsp3) is 0.818. The van der Waals surface area contributed by atoms with Gasteiger partial charge in [0.15, 0.2) is 0 Å². The van der Waals surface area contributed by atoms with Crippen LogP contribution >= 0.6 is 0 Å². The molecule has 0 rings (SSSR count). The third kappa shape index (κ3) is 9.30. The number of ether oxygens (including phenoxy) is 1. The summed E-state index contributed by atoms with van der Waals surface area (Å²) < 4.78 is 4.89. The Morgan fingerprint density at radius 3 is 2.44 bits per heavy atom. The van der Waals surface area contributed by atoms with Crippen LogP contribution in [-0.2, 0) is 9.53 Å². The van der Waals surface area contributed by atoms with Gasteiger partial charge in [0.2, 0.25) is 5.91 Å². The van der Waals surface area contributed by atoms with Gasteiger partial charge >= 0.3 is 6.09 Å². The van der Waals surface area contributed by atoms with E-state index < -0.39 is 6.09 Å². The highest BCUT2D eigenvalue weighted by Gasteiger charge is 2.03. The Hall–Kier alpha value is -1.26. The van der Waals surface area contributed by atoms with E-state index in [2.05, 4.69) is 17.6 Å². The van der Waals surface area contributed by atoms with E-state index in [4.69, 9.17) is 4.74 Å². The van der Waals surface area contributed by atoms with Crippen molar-refractivity contribution in [2.75, 3.05) is 20.2 Å². The molecule has 5 nitrogen and oxygen atoms in total. The number of hydrogen-bond acceptors (Lipinski definition) is 3. The van der Waals surface area contributed by atoms with E-state index in [9.17, 15) is 9.59 Å². The monoisotopic (exact) mass is 230 g/mol. The van der Waals surface area contributed by atoms with Gasteiger partial charge < -0.3 is 15.4 Å². The van der Waals surface area contributed by atoms with E-state index in [0.29, 0.717) is 6.61 Å². The molecule has 0 saturated heterocycles. The smallest absolute Gasteiger partial charge is 0.407 e. The van der Waals surface area contributed by atoms with Crippen molar-refractivity contribution in [1.82, 2.24) is 10.6 Å².